The second kappa shape index (κ2) is 6.50. The molecule has 2 rings (SSSR count). The number of nitrogens with zero attached hydrogens (tertiary/aromatic N) is 1. The van der Waals surface area contributed by atoms with Crippen LogP contribution in [0.1, 0.15) is 38.4 Å². The Kier molecular flexibility index (Phi) is 4.96. The van der Waals surface area contributed by atoms with Crippen LogP contribution in [0.15, 0.2) is 16.8 Å². The number of hydrogen-bond acceptors (Lipinski definition) is 4. The van der Waals surface area contributed by atoms with Gasteiger partial charge in [-0.1, -0.05) is 13.3 Å². The Hall–Kier alpha value is -0.910. The van der Waals surface area contributed by atoms with Crippen molar-refractivity contribution in [2.75, 3.05) is 13.7 Å². The summed E-state index contributed by atoms with van der Waals surface area (Å²) in [6.07, 6.45) is 1.94. The molecule has 1 aliphatic rings. The number of thiophene rings is 1. The minimum absolute atomic E-state index is 0.00657. The van der Waals surface area contributed by atoms with Crippen molar-refractivity contribution in [1.82, 2.24) is 10.2 Å². The first-order valence-electron chi connectivity index (χ1n) is 6.78. The molecule has 1 aromatic rings. The number of hydrogen-bond donors (Lipinski definition) is 1. The summed E-state index contributed by atoms with van der Waals surface area (Å²) in [6.45, 7) is 4.73. The highest BCUT2D eigenvalue weighted by atomic mass is 32.1. The molecule has 1 amide bonds. The average Bonchev–Trinajstić information content (AvgIpc) is 3.02. The standard InChI is InChI=1S/C14H22N2O2S/c1-4-5-12-14(17)16(8-10(2)18-3)13(15-12)11-6-7-19-9-11/h6-7,9-10,12-13,15H,4-5,8H2,1-3H3. The van der Waals surface area contributed by atoms with Gasteiger partial charge in [0.15, 0.2) is 0 Å². The molecule has 0 bridgehead atoms. The van der Waals surface area contributed by atoms with Gasteiger partial charge in [0.2, 0.25) is 5.91 Å². The number of rotatable bonds is 6. The smallest absolute Gasteiger partial charge is 0.241 e. The van der Waals surface area contributed by atoms with E-state index in [-0.39, 0.29) is 24.2 Å². The fourth-order valence-corrected chi connectivity index (χ4v) is 3.11. The number of nitrogens with one attached hydrogen (secondary N) is 1. The summed E-state index contributed by atoms with van der Waals surface area (Å²) in [7, 11) is 1.68. The zero-order valence-corrected chi connectivity index (χ0v) is 12.6. The van der Waals surface area contributed by atoms with Crippen LogP contribution in [0.3, 0.4) is 0 Å². The highest BCUT2D eigenvalue weighted by molar-refractivity contribution is 7.07. The highest BCUT2D eigenvalue weighted by Gasteiger charge is 2.39. The van der Waals surface area contributed by atoms with Crippen LogP contribution in [0.25, 0.3) is 0 Å². The van der Waals surface area contributed by atoms with Gasteiger partial charge in [-0.05, 0) is 35.7 Å². The van der Waals surface area contributed by atoms with Gasteiger partial charge in [-0.25, -0.2) is 0 Å². The molecular weight excluding hydrogens is 260 g/mol. The van der Waals surface area contributed by atoms with Crippen LogP contribution in [0.5, 0.6) is 0 Å². The van der Waals surface area contributed by atoms with Crippen molar-refractivity contribution in [3.05, 3.63) is 22.4 Å². The average molecular weight is 282 g/mol. The first-order chi connectivity index (χ1) is 9.17. The maximum Gasteiger partial charge on any atom is 0.241 e. The number of ether oxygens (including phenoxy) is 1. The van der Waals surface area contributed by atoms with Crippen LogP contribution >= 0.6 is 11.3 Å². The van der Waals surface area contributed by atoms with Gasteiger partial charge in [-0.2, -0.15) is 11.3 Å². The molecule has 0 spiro atoms. The van der Waals surface area contributed by atoms with Crippen LogP contribution in [-0.2, 0) is 9.53 Å². The lowest BCUT2D eigenvalue weighted by Gasteiger charge is -2.26. The van der Waals surface area contributed by atoms with Gasteiger partial charge in [-0.15, -0.1) is 0 Å². The zero-order chi connectivity index (χ0) is 13.8. The van der Waals surface area contributed by atoms with Gasteiger partial charge in [-0.3, -0.25) is 10.1 Å². The maximum absolute atomic E-state index is 12.5. The fourth-order valence-electron chi connectivity index (χ4n) is 2.43. The third-order valence-corrected chi connectivity index (χ3v) is 4.25. The van der Waals surface area contributed by atoms with Gasteiger partial charge in [0, 0.05) is 13.7 Å². The molecule has 4 nitrogen and oxygen atoms in total. The molecule has 106 valence electrons. The van der Waals surface area contributed by atoms with E-state index in [0.29, 0.717) is 6.54 Å². The van der Waals surface area contributed by atoms with Crippen LogP contribution in [0.2, 0.25) is 0 Å². The summed E-state index contributed by atoms with van der Waals surface area (Å²) in [5.41, 5.74) is 1.17. The van der Waals surface area contributed by atoms with E-state index in [0.717, 1.165) is 12.8 Å². The van der Waals surface area contributed by atoms with Crippen LogP contribution in [0, 0.1) is 0 Å². The third kappa shape index (κ3) is 3.16. The number of carbonyl (C=O) groups excluding carboxylic acids is 1. The monoisotopic (exact) mass is 282 g/mol. The minimum atomic E-state index is -0.0565. The Morgan fingerprint density at radius 1 is 1.58 bits per heavy atom. The molecular formula is C14H22N2O2S. The Labute approximate surface area is 118 Å². The van der Waals surface area contributed by atoms with E-state index >= 15 is 0 Å². The van der Waals surface area contributed by atoms with Gasteiger partial charge < -0.3 is 9.64 Å². The topological polar surface area (TPSA) is 41.6 Å². The summed E-state index contributed by atoms with van der Waals surface area (Å²) < 4.78 is 5.30. The lowest BCUT2D eigenvalue weighted by atomic mass is 10.1. The molecule has 3 unspecified atom stereocenters. The van der Waals surface area contributed by atoms with E-state index in [4.69, 9.17) is 4.74 Å². The fraction of sp³-hybridized carbons (Fsp3) is 0.643. The Morgan fingerprint density at radius 3 is 2.95 bits per heavy atom. The van der Waals surface area contributed by atoms with E-state index in [1.165, 1.54) is 5.56 Å². The SMILES string of the molecule is CCCC1NC(c2ccsc2)N(CC(C)OC)C1=O. The second-order valence-corrected chi connectivity index (χ2v) is 5.78. The minimum Gasteiger partial charge on any atom is -0.380 e. The highest BCUT2D eigenvalue weighted by Crippen LogP contribution is 2.28. The quantitative estimate of drug-likeness (QED) is 0.871. The van der Waals surface area contributed by atoms with Gasteiger partial charge >= 0.3 is 0 Å². The third-order valence-electron chi connectivity index (χ3n) is 3.54. The van der Waals surface area contributed by atoms with Crippen molar-refractivity contribution in [3.63, 3.8) is 0 Å². The van der Waals surface area contributed by atoms with Crippen LogP contribution < -0.4 is 5.32 Å². The van der Waals surface area contributed by atoms with Gasteiger partial charge in [0.25, 0.3) is 0 Å². The van der Waals surface area contributed by atoms with Gasteiger partial charge in [0.1, 0.15) is 6.17 Å². The Balaban J connectivity index is 2.16. The normalized spacial score (nSPS) is 25.0. The second-order valence-electron chi connectivity index (χ2n) is 5.00. The predicted molar refractivity (Wildman–Crippen MR) is 77.1 cm³/mol. The molecule has 5 heteroatoms. The molecule has 0 radical (unpaired) electrons. The predicted octanol–water partition coefficient (Wildman–Crippen LogP) is 2.38. The van der Waals surface area contributed by atoms with E-state index in [1.54, 1.807) is 18.4 Å². The van der Waals surface area contributed by atoms with E-state index in [9.17, 15) is 4.79 Å². The molecule has 3 atom stereocenters. The van der Waals surface area contributed by atoms with Crippen molar-refractivity contribution >= 4 is 17.2 Å². The Bertz CT molecular complexity index is 408. The summed E-state index contributed by atoms with van der Waals surface area (Å²) in [5.74, 6) is 0.196. The molecule has 1 saturated heterocycles. The van der Waals surface area contributed by atoms with Crippen molar-refractivity contribution in [2.24, 2.45) is 0 Å². The van der Waals surface area contributed by atoms with E-state index < -0.39 is 0 Å². The maximum atomic E-state index is 12.5. The van der Waals surface area contributed by atoms with Crippen LogP contribution in [0.4, 0.5) is 0 Å². The largest absolute Gasteiger partial charge is 0.380 e. The molecule has 1 fully saturated rings. The van der Waals surface area contributed by atoms with Crippen molar-refractivity contribution in [2.45, 2.75) is 45.0 Å². The van der Waals surface area contributed by atoms with E-state index in [1.807, 2.05) is 17.2 Å². The van der Waals surface area contributed by atoms with Gasteiger partial charge in [0.05, 0.1) is 12.1 Å². The number of carbonyl (C=O) groups is 1. The molecule has 0 aliphatic carbocycles. The summed E-state index contributed by atoms with van der Waals surface area (Å²) in [4.78, 5) is 14.4. The molecule has 19 heavy (non-hydrogen) atoms. The number of amides is 1. The number of methoxy groups -OCH3 is 1. The molecule has 2 heterocycles. The first kappa shape index (κ1) is 14.5. The van der Waals surface area contributed by atoms with Crippen molar-refractivity contribution < 1.29 is 9.53 Å². The van der Waals surface area contributed by atoms with E-state index in [2.05, 4.69) is 23.7 Å². The summed E-state index contributed by atoms with van der Waals surface area (Å²) in [5, 5.41) is 7.60. The lowest BCUT2D eigenvalue weighted by Crippen LogP contribution is -2.37. The van der Waals surface area contributed by atoms with Crippen LogP contribution in [-0.4, -0.2) is 36.6 Å². The van der Waals surface area contributed by atoms with Crippen molar-refractivity contribution in [1.29, 1.82) is 0 Å². The molecule has 0 saturated carbocycles. The zero-order valence-electron chi connectivity index (χ0n) is 11.8. The Morgan fingerprint density at radius 2 is 2.37 bits per heavy atom. The lowest BCUT2D eigenvalue weighted by molar-refractivity contribution is -0.131. The van der Waals surface area contributed by atoms with Crippen molar-refractivity contribution in [3.8, 4) is 0 Å². The first-order valence-corrected chi connectivity index (χ1v) is 7.73. The summed E-state index contributed by atoms with van der Waals surface area (Å²) >= 11 is 1.66. The molecule has 1 N–H and O–H groups in total. The molecule has 0 aromatic carbocycles. The molecule has 1 aliphatic heterocycles. The summed E-state index contributed by atoms with van der Waals surface area (Å²) in [6, 6.07) is 2.02. The molecule has 1 aromatic heterocycles.